The lowest BCUT2D eigenvalue weighted by Gasteiger charge is -2.35. The Hall–Kier alpha value is -1.41. The number of carbonyl (C=O) groups is 1. The first kappa shape index (κ1) is 17.0. The molecule has 1 aromatic rings. The van der Waals surface area contributed by atoms with E-state index >= 15 is 0 Å². The van der Waals surface area contributed by atoms with Crippen molar-refractivity contribution in [1.29, 1.82) is 0 Å². The van der Waals surface area contributed by atoms with Crippen molar-refractivity contribution in [2.45, 2.75) is 45.7 Å². The number of aromatic nitrogens is 2. The van der Waals surface area contributed by atoms with Gasteiger partial charge in [-0.2, -0.15) is 5.10 Å². The number of carbonyl (C=O) groups excluding carboxylic acids is 1. The highest BCUT2D eigenvalue weighted by atomic mass is 32.2. The van der Waals surface area contributed by atoms with Crippen LogP contribution in [0.2, 0.25) is 0 Å². The Morgan fingerprint density at radius 3 is 2.73 bits per heavy atom. The second kappa shape index (κ2) is 6.78. The summed E-state index contributed by atoms with van der Waals surface area (Å²) < 4.78 is 26.7. The zero-order valence-electron chi connectivity index (χ0n) is 13.4. The molecule has 2 heterocycles. The summed E-state index contributed by atoms with van der Waals surface area (Å²) in [6.45, 7) is 4.98. The topological polar surface area (TPSA) is 84.3 Å². The number of nitrogens with zero attached hydrogens (tertiary/aromatic N) is 3. The lowest BCUT2D eigenvalue weighted by atomic mass is 10.0. The van der Waals surface area contributed by atoms with Gasteiger partial charge >= 0.3 is 0 Å². The van der Waals surface area contributed by atoms with E-state index in [2.05, 4.69) is 9.82 Å². The zero-order valence-corrected chi connectivity index (χ0v) is 14.2. The van der Waals surface area contributed by atoms with Crippen molar-refractivity contribution in [3.8, 4) is 0 Å². The summed E-state index contributed by atoms with van der Waals surface area (Å²) in [7, 11) is -3.24. The van der Waals surface area contributed by atoms with Crippen LogP contribution in [0.15, 0.2) is 6.07 Å². The molecule has 1 atom stereocenters. The van der Waals surface area contributed by atoms with Crippen LogP contribution in [0, 0.1) is 13.8 Å². The van der Waals surface area contributed by atoms with Crippen molar-refractivity contribution in [2.75, 3.05) is 19.3 Å². The molecule has 22 heavy (non-hydrogen) atoms. The first-order valence-electron chi connectivity index (χ1n) is 7.51. The van der Waals surface area contributed by atoms with E-state index in [1.807, 2.05) is 19.9 Å². The van der Waals surface area contributed by atoms with Gasteiger partial charge in [0.25, 0.3) is 0 Å². The summed E-state index contributed by atoms with van der Waals surface area (Å²) in [5.41, 5.74) is 1.84. The monoisotopic (exact) mass is 328 g/mol. The number of likely N-dealkylation sites (tertiary alicyclic amines) is 1. The van der Waals surface area contributed by atoms with E-state index in [0.717, 1.165) is 36.9 Å². The molecule has 0 unspecified atom stereocenters. The van der Waals surface area contributed by atoms with Crippen molar-refractivity contribution in [1.82, 2.24) is 19.4 Å². The van der Waals surface area contributed by atoms with Gasteiger partial charge in [-0.25, -0.2) is 13.1 Å². The third-order valence-corrected chi connectivity index (χ3v) is 4.61. The normalized spacial score (nSPS) is 19.4. The highest BCUT2D eigenvalue weighted by molar-refractivity contribution is 7.88. The fraction of sp³-hybridized carbons (Fsp3) is 0.714. The second-order valence-electron chi connectivity index (χ2n) is 5.94. The Labute approximate surface area is 131 Å². The van der Waals surface area contributed by atoms with Crippen LogP contribution in [0.1, 0.15) is 30.7 Å². The average Bonchev–Trinajstić information content (AvgIpc) is 2.74. The fourth-order valence-corrected chi connectivity index (χ4v) is 3.34. The summed E-state index contributed by atoms with van der Waals surface area (Å²) >= 11 is 0. The van der Waals surface area contributed by atoms with Crippen LogP contribution in [0.5, 0.6) is 0 Å². The van der Waals surface area contributed by atoms with Gasteiger partial charge in [-0.3, -0.25) is 9.48 Å². The molecule has 0 saturated carbocycles. The predicted molar refractivity (Wildman–Crippen MR) is 83.9 cm³/mol. The molecule has 2 rings (SSSR count). The average molecular weight is 328 g/mol. The third kappa shape index (κ3) is 4.54. The first-order chi connectivity index (χ1) is 10.3. The summed E-state index contributed by atoms with van der Waals surface area (Å²) in [6, 6.07) is 1.86. The SMILES string of the molecule is Cc1cc(C)n(CC(=O)N2CCCC[C@H]2CNS(C)(=O)=O)n1. The zero-order chi connectivity index (χ0) is 16.3. The van der Waals surface area contributed by atoms with Gasteiger partial charge in [-0.15, -0.1) is 0 Å². The summed E-state index contributed by atoms with van der Waals surface area (Å²) in [5, 5.41) is 4.31. The minimum atomic E-state index is -3.24. The second-order valence-corrected chi connectivity index (χ2v) is 7.78. The summed E-state index contributed by atoms with van der Waals surface area (Å²) in [4.78, 5) is 14.3. The Morgan fingerprint density at radius 1 is 1.41 bits per heavy atom. The van der Waals surface area contributed by atoms with E-state index in [9.17, 15) is 13.2 Å². The summed E-state index contributed by atoms with van der Waals surface area (Å²) in [6.07, 6.45) is 3.93. The summed E-state index contributed by atoms with van der Waals surface area (Å²) in [5.74, 6) is -0.00815. The Bertz CT molecular complexity index is 639. The van der Waals surface area contributed by atoms with Gasteiger partial charge in [0, 0.05) is 24.8 Å². The molecule has 1 amide bonds. The standard InChI is InChI=1S/C14H24N4O3S/c1-11-8-12(2)18(16-11)10-14(19)17-7-5-4-6-13(17)9-15-22(3,20)21/h8,13,15H,4-7,9-10H2,1-3H3/t13-/m0/s1. The number of amides is 1. The molecular weight excluding hydrogens is 304 g/mol. The van der Waals surface area contributed by atoms with Crippen LogP contribution < -0.4 is 4.72 Å². The van der Waals surface area contributed by atoms with Gasteiger partial charge in [-0.1, -0.05) is 0 Å². The van der Waals surface area contributed by atoms with Crippen LogP contribution in [-0.2, 0) is 21.4 Å². The highest BCUT2D eigenvalue weighted by Crippen LogP contribution is 2.17. The van der Waals surface area contributed by atoms with Gasteiger partial charge in [0.2, 0.25) is 15.9 Å². The van der Waals surface area contributed by atoms with Gasteiger partial charge in [0.15, 0.2) is 0 Å². The predicted octanol–water partition coefficient (Wildman–Crippen LogP) is 0.430. The molecule has 124 valence electrons. The minimum absolute atomic E-state index is 0.00815. The van der Waals surface area contributed by atoms with Crippen LogP contribution >= 0.6 is 0 Å². The van der Waals surface area contributed by atoms with Crippen molar-refractivity contribution >= 4 is 15.9 Å². The van der Waals surface area contributed by atoms with E-state index in [1.54, 1.807) is 9.58 Å². The molecule has 1 aliphatic heterocycles. The van der Waals surface area contributed by atoms with E-state index in [-0.39, 0.29) is 25.0 Å². The number of piperidine rings is 1. The number of rotatable bonds is 5. The van der Waals surface area contributed by atoms with Crippen LogP contribution in [0.4, 0.5) is 0 Å². The van der Waals surface area contributed by atoms with Crippen molar-refractivity contribution in [2.24, 2.45) is 0 Å². The maximum atomic E-state index is 12.6. The number of sulfonamides is 1. The molecule has 7 nitrogen and oxygen atoms in total. The first-order valence-corrected chi connectivity index (χ1v) is 9.40. The molecule has 0 bridgehead atoms. The molecule has 0 spiro atoms. The number of nitrogens with one attached hydrogen (secondary N) is 1. The Kier molecular flexibility index (Phi) is 5.23. The molecule has 8 heteroatoms. The van der Waals surface area contributed by atoms with E-state index in [0.29, 0.717) is 6.54 Å². The maximum absolute atomic E-state index is 12.6. The van der Waals surface area contributed by atoms with E-state index in [1.165, 1.54) is 0 Å². The lowest BCUT2D eigenvalue weighted by molar-refractivity contribution is -0.135. The van der Waals surface area contributed by atoms with Gasteiger partial charge in [0.1, 0.15) is 6.54 Å². The van der Waals surface area contributed by atoms with Crippen molar-refractivity contribution < 1.29 is 13.2 Å². The lowest BCUT2D eigenvalue weighted by Crippen LogP contribution is -2.50. The van der Waals surface area contributed by atoms with Crippen LogP contribution in [-0.4, -0.2) is 54.4 Å². The quantitative estimate of drug-likeness (QED) is 0.849. The molecule has 1 N–H and O–H groups in total. The highest BCUT2D eigenvalue weighted by Gasteiger charge is 2.27. The molecule has 0 aliphatic carbocycles. The van der Waals surface area contributed by atoms with E-state index in [4.69, 9.17) is 0 Å². The molecule has 1 fully saturated rings. The number of aryl methyl sites for hydroxylation is 2. The Balaban J connectivity index is 2.03. The maximum Gasteiger partial charge on any atom is 0.244 e. The van der Waals surface area contributed by atoms with Crippen LogP contribution in [0.3, 0.4) is 0 Å². The third-order valence-electron chi connectivity index (χ3n) is 3.92. The molecular formula is C14H24N4O3S. The van der Waals surface area contributed by atoms with Gasteiger partial charge in [0.05, 0.1) is 11.9 Å². The van der Waals surface area contributed by atoms with Crippen LogP contribution in [0.25, 0.3) is 0 Å². The minimum Gasteiger partial charge on any atom is -0.337 e. The Morgan fingerprint density at radius 2 is 2.14 bits per heavy atom. The van der Waals surface area contributed by atoms with Gasteiger partial charge < -0.3 is 4.90 Å². The van der Waals surface area contributed by atoms with Crippen molar-refractivity contribution in [3.05, 3.63) is 17.5 Å². The number of hydrogen-bond donors (Lipinski definition) is 1. The fourth-order valence-electron chi connectivity index (χ4n) is 2.84. The molecule has 1 saturated heterocycles. The van der Waals surface area contributed by atoms with Crippen molar-refractivity contribution in [3.63, 3.8) is 0 Å². The largest absolute Gasteiger partial charge is 0.337 e. The van der Waals surface area contributed by atoms with E-state index < -0.39 is 10.0 Å². The molecule has 0 radical (unpaired) electrons. The molecule has 0 aromatic carbocycles. The number of hydrogen-bond acceptors (Lipinski definition) is 4. The smallest absolute Gasteiger partial charge is 0.244 e. The van der Waals surface area contributed by atoms with Gasteiger partial charge in [-0.05, 0) is 39.2 Å². The molecule has 1 aliphatic rings. The molecule has 1 aromatic heterocycles.